The van der Waals surface area contributed by atoms with Crippen molar-refractivity contribution in [3.05, 3.63) is 0 Å². The summed E-state index contributed by atoms with van der Waals surface area (Å²) in [5, 5.41) is 4.88. The van der Waals surface area contributed by atoms with Crippen LogP contribution in [0.4, 0.5) is 4.79 Å². The van der Waals surface area contributed by atoms with Crippen LogP contribution in [0.25, 0.3) is 0 Å². The zero-order chi connectivity index (χ0) is 19.0. The Kier molecular flexibility index (Phi) is 8.27. The third kappa shape index (κ3) is 8.39. The lowest BCUT2D eigenvalue weighted by Crippen LogP contribution is -2.58. The highest BCUT2D eigenvalue weighted by molar-refractivity contribution is 5.91. The van der Waals surface area contributed by atoms with E-state index in [2.05, 4.69) is 21.3 Å². The molecule has 0 saturated heterocycles. The van der Waals surface area contributed by atoms with E-state index in [-0.39, 0.29) is 13.2 Å². The second kappa shape index (κ2) is 9.13. The van der Waals surface area contributed by atoms with Crippen molar-refractivity contribution in [2.75, 3.05) is 20.3 Å². The van der Waals surface area contributed by atoms with Crippen LogP contribution in [0.5, 0.6) is 0 Å². The Hall–Kier alpha value is -2.27. The smallest absolute Gasteiger partial charge is 0.408 e. The molecular formula is C16H26N2O6. The molecule has 2 N–H and O–H groups in total. The first kappa shape index (κ1) is 21.7. The minimum atomic E-state index is -1.27. The normalized spacial score (nSPS) is 12.5. The average Bonchev–Trinajstić information content (AvgIpc) is 2.42. The Morgan fingerprint density at radius 2 is 1.75 bits per heavy atom. The zero-order valence-electron chi connectivity index (χ0n) is 15.0. The summed E-state index contributed by atoms with van der Waals surface area (Å²) in [6.07, 6.45) is 4.30. The lowest BCUT2D eigenvalue weighted by atomic mass is 10.1. The Bertz CT molecular complexity index is 502. The van der Waals surface area contributed by atoms with Crippen LogP contribution >= 0.6 is 0 Å². The van der Waals surface area contributed by atoms with Gasteiger partial charge >= 0.3 is 12.1 Å². The summed E-state index contributed by atoms with van der Waals surface area (Å²) in [5.74, 6) is 0.998. The van der Waals surface area contributed by atoms with Crippen LogP contribution < -0.4 is 10.6 Å². The summed E-state index contributed by atoms with van der Waals surface area (Å²) >= 11 is 0. The topological polar surface area (TPSA) is 103 Å². The van der Waals surface area contributed by atoms with Crippen molar-refractivity contribution in [3.63, 3.8) is 0 Å². The number of carbonyl (C=O) groups is 3. The fourth-order valence-corrected chi connectivity index (χ4v) is 1.57. The van der Waals surface area contributed by atoms with Crippen molar-refractivity contribution in [1.82, 2.24) is 10.6 Å². The first-order valence-corrected chi connectivity index (χ1v) is 7.34. The molecule has 2 amide bonds. The highest BCUT2D eigenvalue weighted by Gasteiger charge is 2.34. The van der Waals surface area contributed by atoms with Gasteiger partial charge in [-0.3, -0.25) is 4.79 Å². The van der Waals surface area contributed by atoms with Gasteiger partial charge in [0.05, 0.1) is 13.7 Å². The summed E-state index contributed by atoms with van der Waals surface area (Å²) in [4.78, 5) is 35.9. The van der Waals surface area contributed by atoms with Gasteiger partial charge in [-0.1, -0.05) is 5.92 Å². The monoisotopic (exact) mass is 342 g/mol. The molecule has 0 bridgehead atoms. The zero-order valence-corrected chi connectivity index (χ0v) is 15.0. The van der Waals surface area contributed by atoms with Crippen LogP contribution in [0.1, 0.15) is 34.6 Å². The number of terminal acetylenes is 1. The van der Waals surface area contributed by atoms with E-state index < -0.39 is 35.2 Å². The first-order chi connectivity index (χ1) is 10.9. The molecule has 0 aliphatic heterocycles. The molecule has 0 aliphatic carbocycles. The Balaban J connectivity index is 4.99. The molecule has 0 heterocycles. The van der Waals surface area contributed by atoms with E-state index >= 15 is 0 Å². The van der Waals surface area contributed by atoms with Crippen LogP contribution in [0.3, 0.4) is 0 Å². The molecule has 0 aromatic heterocycles. The second-order valence-corrected chi connectivity index (χ2v) is 6.52. The number of alkyl carbamates (subject to hydrolysis) is 1. The Morgan fingerprint density at radius 1 is 1.17 bits per heavy atom. The van der Waals surface area contributed by atoms with E-state index in [9.17, 15) is 14.4 Å². The lowest BCUT2D eigenvalue weighted by molar-refractivity contribution is -0.149. The number of rotatable bonds is 7. The molecule has 0 aromatic carbocycles. The molecule has 0 aromatic rings. The standard InChI is InChI=1S/C16H26N2O6/c1-8-9-23-10-11(17-14(21)24-15(2,3)4)12(19)18-16(5,6)13(20)22-7/h1,11H,9-10H2,2-7H3,(H,17,21)(H,18,19)/t11-/m0/s1. The molecule has 0 fully saturated rings. The molecule has 0 unspecified atom stereocenters. The minimum absolute atomic E-state index is 0.0276. The third-order valence-electron chi connectivity index (χ3n) is 2.61. The highest BCUT2D eigenvalue weighted by atomic mass is 16.6. The summed E-state index contributed by atoms with van der Waals surface area (Å²) in [6.45, 7) is 7.82. The van der Waals surface area contributed by atoms with Crippen molar-refractivity contribution >= 4 is 18.0 Å². The number of nitrogens with one attached hydrogen (secondary N) is 2. The molecule has 8 heteroatoms. The molecule has 0 rings (SSSR count). The van der Waals surface area contributed by atoms with E-state index in [1.165, 1.54) is 21.0 Å². The van der Waals surface area contributed by atoms with Crippen molar-refractivity contribution in [3.8, 4) is 12.3 Å². The molecule has 8 nitrogen and oxygen atoms in total. The summed E-state index contributed by atoms with van der Waals surface area (Å²) in [6, 6.07) is -1.09. The molecule has 0 saturated carbocycles. The maximum absolute atomic E-state index is 12.4. The lowest BCUT2D eigenvalue weighted by Gasteiger charge is -2.27. The van der Waals surface area contributed by atoms with E-state index in [1.807, 2.05) is 0 Å². The third-order valence-corrected chi connectivity index (χ3v) is 2.61. The molecule has 136 valence electrons. The number of hydrogen-bond acceptors (Lipinski definition) is 6. The van der Waals surface area contributed by atoms with E-state index in [4.69, 9.17) is 15.9 Å². The van der Waals surface area contributed by atoms with E-state index in [0.29, 0.717) is 0 Å². The van der Waals surface area contributed by atoms with Gasteiger partial charge in [0.25, 0.3) is 0 Å². The van der Waals surface area contributed by atoms with Crippen LogP contribution in [0, 0.1) is 12.3 Å². The van der Waals surface area contributed by atoms with Gasteiger partial charge in [-0.2, -0.15) is 0 Å². The minimum Gasteiger partial charge on any atom is -0.467 e. The maximum Gasteiger partial charge on any atom is 0.408 e. The molecule has 1 atom stereocenters. The number of hydrogen-bond donors (Lipinski definition) is 2. The van der Waals surface area contributed by atoms with Gasteiger partial charge in [0.15, 0.2) is 0 Å². The summed E-state index contributed by atoms with van der Waals surface area (Å²) in [7, 11) is 1.21. The Labute approximate surface area is 142 Å². The number of ether oxygens (including phenoxy) is 3. The van der Waals surface area contributed by atoms with Crippen molar-refractivity contribution in [1.29, 1.82) is 0 Å². The van der Waals surface area contributed by atoms with Gasteiger partial charge in [-0.25, -0.2) is 9.59 Å². The van der Waals surface area contributed by atoms with Crippen LogP contribution in [0.2, 0.25) is 0 Å². The predicted molar refractivity (Wildman–Crippen MR) is 87.0 cm³/mol. The number of carbonyl (C=O) groups excluding carboxylic acids is 3. The van der Waals surface area contributed by atoms with Crippen molar-refractivity contribution in [2.24, 2.45) is 0 Å². The van der Waals surface area contributed by atoms with E-state index in [1.54, 1.807) is 20.8 Å². The molecule has 24 heavy (non-hydrogen) atoms. The van der Waals surface area contributed by atoms with Crippen molar-refractivity contribution < 1.29 is 28.6 Å². The summed E-state index contributed by atoms with van der Waals surface area (Å²) in [5.41, 5.74) is -2.00. The van der Waals surface area contributed by atoms with Gasteiger partial charge in [-0.05, 0) is 34.6 Å². The molecule has 0 aliphatic rings. The SMILES string of the molecule is C#CCOC[C@H](NC(=O)OC(C)(C)C)C(=O)NC(C)(C)C(=O)OC. The highest BCUT2D eigenvalue weighted by Crippen LogP contribution is 2.08. The van der Waals surface area contributed by atoms with Gasteiger partial charge in [0.2, 0.25) is 5.91 Å². The predicted octanol–water partition coefficient (Wildman–Crippen LogP) is 0.597. The van der Waals surface area contributed by atoms with Crippen LogP contribution in [0.15, 0.2) is 0 Å². The maximum atomic E-state index is 12.4. The average molecular weight is 342 g/mol. The van der Waals surface area contributed by atoms with Crippen LogP contribution in [-0.2, 0) is 23.8 Å². The fraction of sp³-hybridized carbons (Fsp3) is 0.688. The molecule has 0 spiro atoms. The van der Waals surface area contributed by atoms with E-state index in [0.717, 1.165) is 0 Å². The number of methoxy groups -OCH3 is 1. The first-order valence-electron chi connectivity index (χ1n) is 7.34. The van der Waals surface area contributed by atoms with Crippen molar-refractivity contribution in [2.45, 2.75) is 51.8 Å². The summed E-state index contributed by atoms with van der Waals surface area (Å²) < 4.78 is 14.8. The van der Waals surface area contributed by atoms with Gasteiger partial charge < -0.3 is 24.8 Å². The van der Waals surface area contributed by atoms with Gasteiger partial charge in [-0.15, -0.1) is 6.42 Å². The quantitative estimate of drug-likeness (QED) is 0.399. The molecule has 0 radical (unpaired) electrons. The largest absolute Gasteiger partial charge is 0.467 e. The van der Waals surface area contributed by atoms with Gasteiger partial charge in [0, 0.05) is 0 Å². The number of esters is 1. The molecular weight excluding hydrogens is 316 g/mol. The van der Waals surface area contributed by atoms with Gasteiger partial charge in [0.1, 0.15) is 23.8 Å². The second-order valence-electron chi connectivity index (χ2n) is 6.52. The fourth-order valence-electron chi connectivity index (χ4n) is 1.57. The van der Waals surface area contributed by atoms with Crippen LogP contribution in [-0.4, -0.2) is 55.5 Å². The number of amides is 2. The Morgan fingerprint density at radius 3 is 2.21 bits per heavy atom.